The van der Waals surface area contributed by atoms with Crippen molar-refractivity contribution in [1.82, 2.24) is 20.3 Å². The predicted molar refractivity (Wildman–Crippen MR) is 116 cm³/mol. The van der Waals surface area contributed by atoms with Crippen LogP contribution in [0.5, 0.6) is 0 Å². The molecule has 1 fully saturated rings. The summed E-state index contributed by atoms with van der Waals surface area (Å²) >= 11 is 0. The molecule has 2 aromatic carbocycles. The number of aromatic nitrogens is 2. The second kappa shape index (κ2) is 8.32. The number of fused-ring (bicyclic) bond motifs is 1. The molecule has 0 bridgehead atoms. The first-order valence-electron chi connectivity index (χ1n) is 9.79. The van der Waals surface area contributed by atoms with E-state index in [-0.39, 0.29) is 5.91 Å². The van der Waals surface area contributed by atoms with E-state index in [2.05, 4.69) is 37.5 Å². The van der Waals surface area contributed by atoms with Crippen molar-refractivity contribution >= 4 is 34.0 Å². The SMILES string of the molecule is CCN1CCN(c2ncnc(NNC(=O)c3cccc4ccccc34)c2N)CC1. The Morgan fingerprint density at radius 3 is 2.62 bits per heavy atom. The number of carbonyl (C=O) groups excluding carboxylic acids is 1. The summed E-state index contributed by atoms with van der Waals surface area (Å²) in [7, 11) is 0. The molecule has 0 spiro atoms. The third-order valence-electron chi connectivity index (χ3n) is 5.31. The molecule has 8 heteroatoms. The summed E-state index contributed by atoms with van der Waals surface area (Å²) < 4.78 is 0. The zero-order valence-electron chi connectivity index (χ0n) is 16.4. The van der Waals surface area contributed by atoms with Crippen LogP contribution in [-0.4, -0.2) is 53.5 Å². The zero-order valence-corrected chi connectivity index (χ0v) is 16.4. The smallest absolute Gasteiger partial charge is 0.270 e. The molecule has 0 aliphatic carbocycles. The van der Waals surface area contributed by atoms with Gasteiger partial charge in [-0.2, -0.15) is 0 Å². The van der Waals surface area contributed by atoms with Gasteiger partial charge in [0.1, 0.15) is 12.0 Å². The minimum absolute atomic E-state index is 0.252. The van der Waals surface area contributed by atoms with Crippen molar-refractivity contribution in [3.05, 3.63) is 54.4 Å². The Morgan fingerprint density at radius 1 is 1.07 bits per heavy atom. The number of amides is 1. The van der Waals surface area contributed by atoms with Crippen LogP contribution in [0, 0.1) is 0 Å². The first-order chi connectivity index (χ1) is 14.2. The van der Waals surface area contributed by atoms with Crippen LogP contribution in [0.3, 0.4) is 0 Å². The first-order valence-corrected chi connectivity index (χ1v) is 9.79. The summed E-state index contributed by atoms with van der Waals surface area (Å²) in [6.45, 7) is 6.87. The molecule has 0 saturated carbocycles. The van der Waals surface area contributed by atoms with E-state index in [9.17, 15) is 4.79 Å². The lowest BCUT2D eigenvalue weighted by Gasteiger charge is -2.35. The molecular formula is C21H25N7O. The Kier molecular flexibility index (Phi) is 5.44. The van der Waals surface area contributed by atoms with Crippen molar-refractivity contribution in [2.24, 2.45) is 0 Å². The summed E-state index contributed by atoms with van der Waals surface area (Å²) in [5.74, 6) is 0.831. The lowest BCUT2D eigenvalue weighted by atomic mass is 10.0. The summed E-state index contributed by atoms with van der Waals surface area (Å²) in [4.78, 5) is 25.8. The first kappa shape index (κ1) is 18.9. The van der Waals surface area contributed by atoms with Gasteiger partial charge in [0.15, 0.2) is 11.6 Å². The van der Waals surface area contributed by atoms with E-state index in [1.165, 1.54) is 6.33 Å². The fraction of sp³-hybridized carbons (Fsp3) is 0.286. The van der Waals surface area contributed by atoms with Crippen LogP contribution in [0.25, 0.3) is 10.8 Å². The third-order valence-corrected chi connectivity index (χ3v) is 5.31. The molecule has 4 N–H and O–H groups in total. The van der Waals surface area contributed by atoms with Gasteiger partial charge in [0, 0.05) is 31.7 Å². The minimum Gasteiger partial charge on any atom is -0.393 e. The molecule has 150 valence electrons. The van der Waals surface area contributed by atoms with Crippen LogP contribution in [0.2, 0.25) is 0 Å². The molecule has 0 radical (unpaired) electrons. The number of benzene rings is 2. The standard InChI is InChI=1S/C21H25N7O/c1-2-27-10-12-28(13-11-27)20-18(22)19(23-14-24-20)25-26-21(29)17-9-5-7-15-6-3-4-8-16(15)17/h3-9,14H,2,10-13,22H2,1H3,(H,26,29)(H,23,24,25). The average Bonchev–Trinajstić information content (AvgIpc) is 2.78. The Balaban J connectivity index is 1.48. The number of carbonyl (C=O) groups is 1. The van der Waals surface area contributed by atoms with Gasteiger partial charge in [0.2, 0.25) is 0 Å². The number of likely N-dealkylation sites (N-methyl/N-ethyl adjacent to an activating group) is 1. The van der Waals surface area contributed by atoms with Crippen LogP contribution >= 0.6 is 0 Å². The number of hydrazine groups is 1. The lowest BCUT2D eigenvalue weighted by Crippen LogP contribution is -2.46. The summed E-state index contributed by atoms with van der Waals surface area (Å²) in [5, 5.41) is 1.90. The molecule has 0 atom stereocenters. The number of piperazine rings is 1. The molecule has 3 aromatic rings. The van der Waals surface area contributed by atoms with Gasteiger partial charge in [-0.15, -0.1) is 0 Å². The molecule has 1 aliphatic heterocycles. The molecule has 8 nitrogen and oxygen atoms in total. The number of anilines is 3. The fourth-order valence-electron chi connectivity index (χ4n) is 3.62. The fourth-order valence-corrected chi connectivity index (χ4v) is 3.62. The lowest BCUT2D eigenvalue weighted by molar-refractivity contribution is 0.0964. The van der Waals surface area contributed by atoms with Crippen molar-refractivity contribution in [2.75, 3.05) is 48.8 Å². The summed E-state index contributed by atoms with van der Waals surface area (Å²) in [5.41, 5.74) is 12.9. The minimum atomic E-state index is -0.252. The van der Waals surface area contributed by atoms with Crippen LogP contribution in [0.4, 0.5) is 17.3 Å². The van der Waals surface area contributed by atoms with E-state index in [1.54, 1.807) is 6.07 Å². The van der Waals surface area contributed by atoms with Crippen LogP contribution in [0.1, 0.15) is 17.3 Å². The highest BCUT2D eigenvalue weighted by atomic mass is 16.2. The van der Waals surface area contributed by atoms with Crippen molar-refractivity contribution in [3.8, 4) is 0 Å². The number of nitrogen functional groups attached to an aromatic ring is 1. The summed E-state index contributed by atoms with van der Waals surface area (Å²) in [6.07, 6.45) is 1.46. The molecular weight excluding hydrogens is 366 g/mol. The van der Waals surface area contributed by atoms with E-state index >= 15 is 0 Å². The quantitative estimate of drug-likeness (QED) is 0.573. The maximum atomic E-state index is 12.7. The van der Waals surface area contributed by atoms with Gasteiger partial charge in [-0.05, 0) is 23.4 Å². The maximum absolute atomic E-state index is 12.7. The molecule has 2 heterocycles. The Bertz CT molecular complexity index is 1010. The highest BCUT2D eigenvalue weighted by Gasteiger charge is 2.20. The molecule has 1 aromatic heterocycles. The van der Waals surface area contributed by atoms with E-state index in [0.717, 1.165) is 43.5 Å². The van der Waals surface area contributed by atoms with Gasteiger partial charge in [-0.3, -0.25) is 15.6 Å². The molecule has 4 rings (SSSR count). The molecule has 0 unspecified atom stereocenters. The van der Waals surface area contributed by atoms with Gasteiger partial charge in [-0.1, -0.05) is 43.3 Å². The third kappa shape index (κ3) is 3.93. The van der Waals surface area contributed by atoms with E-state index in [4.69, 9.17) is 5.73 Å². The normalized spacial score (nSPS) is 14.7. The number of hydrogen-bond acceptors (Lipinski definition) is 7. The topological polar surface area (TPSA) is 99.4 Å². The number of hydrogen-bond donors (Lipinski definition) is 3. The highest BCUT2D eigenvalue weighted by Crippen LogP contribution is 2.26. The molecule has 1 amide bonds. The molecule has 29 heavy (non-hydrogen) atoms. The van der Waals surface area contributed by atoms with Crippen molar-refractivity contribution in [3.63, 3.8) is 0 Å². The van der Waals surface area contributed by atoms with Crippen molar-refractivity contribution < 1.29 is 4.79 Å². The van der Waals surface area contributed by atoms with Crippen LogP contribution in [-0.2, 0) is 0 Å². The van der Waals surface area contributed by atoms with E-state index in [0.29, 0.717) is 22.9 Å². The van der Waals surface area contributed by atoms with Gasteiger partial charge >= 0.3 is 0 Å². The highest BCUT2D eigenvalue weighted by molar-refractivity contribution is 6.07. The van der Waals surface area contributed by atoms with Crippen LogP contribution < -0.4 is 21.5 Å². The van der Waals surface area contributed by atoms with Gasteiger partial charge < -0.3 is 15.5 Å². The largest absolute Gasteiger partial charge is 0.393 e. The number of nitrogens with one attached hydrogen (secondary N) is 2. The predicted octanol–water partition coefficient (Wildman–Crippen LogP) is 2.11. The number of nitrogens with zero attached hydrogens (tertiary/aromatic N) is 4. The van der Waals surface area contributed by atoms with Crippen molar-refractivity contribution in [2.45, 2.75) is 6.92 Å². The Hall–Kier alpha value is -3.39. The van der Waals surface area contributed by atoms with Crippen LogP contribution in [0.15, 0.2) is 48.8 Å². The van der Waals surface area contributed by atoms with E-state index < -0.39 is 0 Å². The maximum Gasteiger partial charge on any atom is 0.270 e. The monoisotopic (exact) mass is 391 g/mol. The second-order valence-corrected chi connectivity index (χ2v) is 6.99. The Labute approximate surface area is 169 Å². The van der Waals surface area contributed by atoms with Gasteiger partial charge in [-0.25, -0.2) is 9.97 Å². The van der Waals surface area contributed by atoms with E-state index in [1.807, 2.05) is 36.4 Å². The number of rotatable bonds is 5. The van der Waals surface area contributed by atoms with Gasteiger partial charge in [0.05, 0.1) is 0 Å². The van der Waals surface area contributed by atoms with Gasteiger partial charge in [0.25, 0.3) is 5.91 Å². The summed E-state index contributed by atoms with van der Waals surface area (Å²) in [6, 6.07) is 13.4. The number of nitrogens with two attached hydrogens (primary N) is 1. The molecule has 1 aliphatic rings. The zero-order chi connectivity index (χ0) is 20.2. The van der Waals surface area contributed by atoms with Crippen molar-refractivity contribution in [1.29, 1.82) is 0 Å². The Morgan fingerprint density at radius 2 is 1.83 bits per heavy atom. The molecule has 1 saturated heterocycles. The second-order valence-electron chi connectivity index (χ2n) is 6.99. The average molecular weight is 391 g/mol.